The number of benzene rings is 1. The SMILES string of the molecule is COC(=O)c1ccccc1Nc1cnnc(N2CCCC2)n1. The van der Waals surface area contributed by atoms with Crippen molar-refractivity contribution in [2.45, 2.75) is 12.8 Å². The third-order valence-electron chi connectivity index (χ3n) is 3.53. The van der Waals surface area contributed by atoms with Gasteiger partial charge in [0.2, 0.25) is 5.95 Å². The minimum atomic E-state index is -0.398. The molecule has 1 N–H and O–H groups in total. The average Bonchev–Trinajstić information content (AvgIpc) is 3.09. The number of aromatic nitrogens is 3. The Morgan fingerprint density at radius 3 is 2.82 bits per heavy atom. The van der Waals surface area contributed by atoms with Crippen LogP contribution in [0.15, 0.2) is 30.5 Å². The van der Waals surface area contributed by atoms with Gasteiger partial charge in [-0.15, -0.1) is 5.10 Å². The summed E-state index contributed by atoms with van der Waals surface area (Å²) in [5, 5.41) is 11.2. The van der Waals surface area contributed by atoms with E-state index in [-0.39, 0.29) is 0 Å². The first-order valence-corrected chi connectivity index (χ1v) is 7.17. The van der Waals surface area contributed by atoms with Gasteiger partial charge in [0.25, 0.3) is 0 Å². The van der Waals surface area contributed by atoms with Crippen molar-refractivity contribution in [3.05, 3.63) is 36.0 Å². The van der Waals surface area contributed by atoms with Gasteiger partial charge >= 0.3 is 5.97 Å². The number of para-hydroxylation sites is 1. The van der Waals surface area contributed by atoms with Crippen LogP contribution in [0.25, 0.3) is 0 Å². The molecule has 22 heavy (non-hydrogen) atoms. The van der Waals surface area contributed by atoms with Crippen molar-refractivity contribution in [1.82, 2.24) is 15.2 Å². The maximum Gasteiger partial charge on any atom is 0.339 e. The number of anilines is 3. The number of carbonyl (C=O) groups is 1. The van der Waals surface area contributed by atoms with E-state index in [2.05, 4.69) is 25.4 Å². The molecular formula is C15H17N5O2. The van der Waals surface area contributed by atoms with Gasteiger partial charge in [0.1, 0.15) is 0 Å². The summed E-state index contributed by atoms with van der Waals surface area (Å²) in [5.41, 5.74) is 1.08. The van der Waals surface area contributed by atoms with Gasteiger partial charge in [0, 0.05) is 13.1 Å². The van der Waals surface area contributed by atoms with Crippen LogP contribution in [-0.4, -0.2) is 41.3 Å². The molecule has 2 aromatic rings. The van der Waals surface area contributed by atoms with Gasteiger partial charge in [-0.2, -0.15) is 10.1 Å². The standard InChI is InChI=1S/C15H17N5O2/c1-22-14(21)11-6-2-3-7-12(11)17-13-10-16-19-15(18-13)20-8-4-5-9-20/h2-3,6-7,10H,4-5,8-9H2,1H3,(H,17,18,19). The monoisotopic (exact) mass is 299 g/mol. The van der Waals surface area contributed by atoms with Gasteiger partial charge in [-0.05, 0) is 25.0 Å². The first-order valence-electron chi connectivity index (χ1n) is 7.17. The second-order valence-electron chi connectivity index (χ2n) is 5.00. The fourth-order valence-electron chi connectivity index (χ4n) is 2.42. The molecule has 1 aromatic carbocycles. The summed E-state index contributed by atoms with van der Waals surface area (Å²) in [5.74, 6) is 0.760. The lowest BCUT2D eigenvalue weighted by Gasteiger charge is -2.15. The summed E-state index contributed by atoms with van der Waals surface area (Å²) in [4.78, 5) is 18.3. The van der Waals surface area contributed by atoms with Gasteiger partial charge < -0.3 is 15.0 Å². The molecule has 0 radical (unpaired) electrons. The van der Waals surface area contributed by atoms with Crippen molar-refractivity contribution in [2.75, 3.05) is 30.4 Å². The molecule has 7 heteroatoms. The Hall–Kier alpha value is -2.70. The van der Waals surface area contributed by atoms with Crippen LogP contribution in [0.1, 0.15) is 23.2 Å². The number of ether oxygens (including phenoxy) is 1. The number of esters is 1. The number of nitrogens with one attached hydrogen (secondary N) is 1. The zero-order valence-corrected chi connectivity index (χ0v) is 12.3. The maximum atomic E-state index is 11.8. The van der Waals surface area contributed by atoms with Crippen LogP contribution in [0.4, 0.5) is 17.5 Å². The molecule has 114 valence electrons. The zero-order valence-electron chi connectivity index (χ0n) is 12.3. The van der Waals surface area contributed by atoms with Crippen LogP contribution in [0, 0.1) is 0 Å². The van der Waals surface area contributed by atoms with Gasteiger partial charge in [-0.3, -0.25) is 0 Å². The molecule has 1 saturated heterocycles. The van der Waals surface area contributed by atoms with E-state index in [0.29, 0.717) is 23.0 Å². The van der Waals surface area contributed by atoms with E-state index in [4.69, 9.17) is 4.74 Å². The highest BCUT2D eigenvalue weighted by Gasteiger charge is 2.16. The highest BCUT2D eigenvalue weighted by Crippen LogP contribution is 2.21. The van der Waals surface area contributed by atoms with Gasteiger partial charge in [-0.25, -0.2) is 4.79 Å². The van der Waals surface area contributed by atoms with E-state index >= 15 is 0 Å². The van der Waals surface area contributed by atoms with E-state index in [1.807, 2.05) is 6.07 Å². The summed E-state index contributed by atoms with van der Waals surface area (Å²) in [7, 11) is 1.36. The Morgan fingerprint density at radius 2 is 2.05 bits per heavy atom. The molecule has 2 heterocycles. The molecule has 0 unspecified atom stereocenters. The van der Waals surface area contributed by atoms with E-state index < -0.39 is 5.97 Å². The predicted octanol–water partition coefficient (Wildman–Crippen LogP) is 2.00. The average molecular weight is 299 g/mol. The van der Waals surface area contributed by atoms with Crippen molar-refractivity contribution >= 4 is 23.4 Å². The topological polar surface area (TPSA) is 80.2 Å². The fraction of sp³-hybridized carbons (Fsp3) is 0.333. The van der Waals surface area contributed by atoms with Crippen LogP contribution < -0.4 is 10.2 Å². The van der Waals surface area contributed by atoms with Gasteiger partial charge in [0.05, 0.1) is 24.6 Å². The maximum absolute atomic E-state index is 11.8. The lowest BCUT2D eigenvalue weighted by Crippen LogP contribution is -2.21. The Kier molecular flexibility index (Phi) is 4.13. The third-order valence-corrected chi connectivity index (χ3v) is 3.53. The molecule has 1 fully saturated rings. The summed E-state index contributed by atoms with van der Waals surface area (Å²) >= 11 is 0. The first kappa shape index (κ1) is 14.2. The van der Waals surface area contributed by atoms with E-state index in [9.17, 15) is 4.79 Å². The van der Waals surface area contributed by atoms with Gasteiger partial charge in [0.15, 0.2) is 5.82 Å². The van der Waals surface area contributed by atoms with Crippen LogP contribution in [0.3, 0.4) is 0 Å². The largest absolute Gasteiger partial charge is 0.465 e. The molecule has 3 rings (SSSR count). The lowest BCUT2D eigenvalue weighted by molar-refractivity contribution is 0.0602. The number of carbonyl (C=O) groups excluding carboxylic acids is 1. The lowest BCUT2D eigenvalue weighted by atomic mass is 10.2. The molecule has 0 aliphatic carbocycles. The normalized spacial score (nSPS) is 14.0. The molecule has 0 saturated carbocycles. The highest BCUT2D eigenvalue weighted by molar-refractivity contribution is 5.96. The Bertz CT molecular complexity index is 670. The van der Waals surface area contributed by atoms with E-state index in [1.165, 1.54) is 13.3 Å². The number of hydrogen-bond donors (Lipinski definition) is 1. The minimum Gasteiger partial charge on any atom is -0.465 e. The fourth-order valence-corrected chi connectivity index (χ4v) is 2.42. The molecule has 0 amide bonds. The third kappa shape index (κ3) is 2.98. The molecule has 0 spiro atoms. The highest BCUT2D eigenvalue weighted by atomic mass is 16.5. The van der Waals surface area contributed by atoms with Crippen LogP contribution in [0.5, 0.6) is 0 Å². The van der Waals surface area contributed by atoms with E-state index in [0.717, 1.165) is 25.9 Å². The molecule has 0 bridgehead atoms. The summed E-state index contributed by atoms with van der Waals surface area (Å²) < 4.78 is 4.78. The van der Waals surface area contributed by atoms with Crippen molar-refractivity contribution in [1.29, 1.82) is 0 Å². The van der Waals surface area contributed by atoms with Gasteiger partial charge in [-0.1, -0.05) is 12.1 Å². The number of nitrogens with zero attached hydrogens (tertiary/aromatic N) is 4. The van der Waals surface area contributed by atoms with E-state index in [1.54, 1.807) is 18.2 Å². The van der Waals surface area contributed by atoms with Crippen LogP contribution in [0.2, 0.25) is 0 Å². The first-order chi connectivity index (χ1) is 10.8. The molecule has 1 aliphatic rings. The van der Waals surface area contributed by atoms with Crippen molar-refractivity contribution in [3.8, 4) is 0 Å². The molecular weight excluding hydrogens is 282 g/mol. The molecule has 7 nitrogen and oxygen atoms in total. The quantitative estimate of drug-likeness (QED) is 0.865. The summed E-state index contributed by atoms with van der Waals surface area (Å²) in [6.45, 7) is 1.90. The summed E-state index contributed by atoms with van der Waals surface area (Å²) in [6, 6.07) is 7.12. The molecule has 1 aromatic heterocycles. The van der Waals surface area contributed by atoms with Crippen molar-refractivity contribution in [2.24, 2.45) is 0 Å². The minimum absolute atomic E-state index is 0.398. The number of hydrogen-bond acceptors (Lipinski definition) is 7. The Balaban J connectivity index is 1.84. The van der Waals surface area contributed by atoms with Crippen molar-refractivity contribution < 1.29 is 9.53 Å². The zero-order chi connectivity index (χ0) is 15.4. The molecule has 1 aliphatic heterocycles. The second-order valence-corrected chi connectivity index (χ2v) is 5.00. The smallest absolute Gasteiger partial charge is 0.339 e. The predicted molar refractivity (Wildman–Crippen MR) is 82.3 cm³/mol. The molecule has 0 atom stereocenters. The van der Waals surface area contributed by atoms with Crippen LogP contribution in [-0.2, 0) is 4.74 Å². The second kappa shape index (κ2) is 6.38. The van der Waals surface area contributed by atoms with Crippen LogP contribution >= 0.6 is 0 Å². The summed E-state index contributed by atoms with van der Waals surface area (Å²) in [6.07, 6.45) is 3.83. The number of rotatable bonds is 4. The number of methoxy groups -OCH3 is 1. The van der Waals surface area contributed by atoms with Crippen molar-refractivity contribution in [3.63, 3.8) is 0 Å². The Labute approximate surface area is 128 Å². The Morgan fingerprint density at radius 1 is 1.27 bits per heavy atom.